The Balaban J connectivity index is 1.81. The minimum absolute atomic E-state index is 0.287. The molecule has 0 radical (unpaired) electrons. The molecule has 2 heterocycles. The third-order valence-corrected chi connectivity index (χ3v) is 7.58. The Bertz CT molecular complexity index is 755. The van der Waals surface area contributed by atoms with Gasteiger partial charge < -0.3 is 15.0 Å². The summed E-state index contributed by atoms with van der Waals surface area (Å²) in [5.74, 6) is 0.802. The van der Waals surface area contributed by atoms with Crippen molar-refractivity contribution in [2.75, 3.05) is 39.1 Å². The zero-order valence-corrected chi connectivity index (χ0v) is 16.5. The van der Waals surface area contributed by atoms with Crippen LogP contribution in [0.1, 0.15) is 30.9 Å². The van der Waals surface area contributed by atoms with Gasteiger partial charge in [0.25, 0.3) is 0 Å². The minimum Gasteiger partial charge on any atom is -0.381 e. The van der Waals surface area contributed by atoms with Crippen LogP contribution in [0.15, 0.2) is 29.3 Å². The van der Waals surface area contributed by atoms with E-state index in [4.69, 9.17) is 9.73 Å². The van der Waals surface area contributed by atoms with Crippen LogP contribution in [0.2, 0.25) is 0 Å². The number of nitrogens with zero attached hydrogens (tertiary/aromatic N) is 2. The normalized spacial score (nSPS) is 20.5. The van der Waals surface area contributed by atoms with E-state index in [0.717, 1.165) is 32.0 Å². The van der Waals surface area contributed by atoms with E-state index in [1.54, 1.807) is 0 Å². The molecule has 0 spiro atoms. The lowest BCUT2D eigenvalue weighted by molar-refractivity contribution is 0.0767. The maximum atomic E-state index is 12.5. The number of benzene rings is 1. The van der Waals surface area contributed by atoms with Crippen molar-refractivity contribution < 1.29 is 13.2 Å². The van der Waals surface area contributed by atoms with Crippen LogP contribution in [0, 0.1) is 0 Å². The Hall–Kier alpha value is -1.60. The van der Waals surface area contributed by atoms with Crippen molar-refractivity contribution in [3.63, 3.8) is 0 Å². The molecule has 6 nitrogen and oxygen atoms in total. The Morgan fingerprint density at radius 1 is 1.27 bits per heavy atom. The quantitative estimate of drug-likeness (QED) is 0.636. The standard InChI is InChI=1S/C19H29N3O3S/c1-3-20-18(22-11-8-16-6-4-5-7-17(16)14-22)21-15-19(26(2,23)24)9-12-25-13-10-19/h4-7H,3,8-15H2,1-2H3,(H,20,21). The van der Waals surface area contributed by atoms with Gasteiger partial charge in [0.15, 0.2) is 15.8 Å². The van der Waals surface area contributed by atoms with Gasteiger partial charge in [-0.2, -0.15) is 0 Å². The zero-order valence-electron chi connectivity index (χ0n) is 15.7. The first-order chi connectivity index (χ1) is 12.5. The third kappa shape index (κ3) is 4.04. The number of hydrogen-bond acceptors (Lipinski definition) is 4. The van der Waals surface area contributed by atoms with Crippen LogP contribution < -0.4 is 5.32 Å². The number of sulfone groups is 1. The summed E-state index contributed by atoms with van der Waals surface area (Å²) in [6, 6.07) is 8.47. The Morgan fingerprint density at radius 2 is 1.96 bits per heavy atom. The topological polar surface area (TPSA) is 71.0 Å². The average molecular weight is 380 g/mol. The zero-order chi connectivity index (χ0) is 18.6. The molecule has 26 heavy (non-hydrogen) atoms. The first-order valence-electron chi connectivity index (χ1n) is 9.32. The molecule has 2 aliphatic heterocycles. The molecule has 0 aromatic heterocycles. The second-order valence-electron chi connectivity index (χ2n) is 7.18. The monoisotopic (exact) mass is 379 g/mol. The number of guanidine groups is 1. The van der Waals surface area contributed by atoms with Crippen LogP contribution in [0.5, 0.6) is 0 Å². The van der Waals surface area contributed by atoms with E-state index in [1.165, 1.54) is 17.4 Å². The van der Waals surface area contributed by atoms with Gasteiger partial charge in [-0.05, 0) is 37.3 Å². The summed E-state index contributed by atoms with van der Waals surface area (Å²) in [4.78, 5) is 6.99. The second kappa shape index (κ2) is 7.96. The summed E-state index contributed by atoms with van der Waals surface area (Å²) in [7, 11) is -3.21. The van der Waals surface area contributed by atoms with Crippen LogP contribution >= 0.6 is 0 Å². The maximum Gasteiger partial charge on any atom is 0.194 e. The molecule has 0 saturated carbocycles. The van der Waals surface area contributed by atoms with Crippen molar-refractivity contribution in [2.45, 2.75) is 37.5 Å². The largest absolute Gasteiger partial charge is 0.381 e. The van der Waals surface area contributed by atoms with E-state index in [-0.39, 0.29) is 6.54 Å². The molecule has 1 saturated heterocycles. The molecule has 3 rings (SSSR count). The van der Waals surface area contributed by atoms with E-state index >= 15 is 0 Å². The molecule has 1 N–H and O–H groups in total. The van der Waals surface area contributed by atoms with Crippen LogP contribution in [0.25, 0.3) is 0 Å². The first-order valence-corrected chi connectivity index (χ1v) is 11.2. The highest BCUT2D eigenvalue weighted by molar-refractivity contribution is 7.92. The van der Waals surface area contributed by atoms with Crippen molar-refractivity contribution in [2.24, 2.45) is 4.99 Å². The Kier molecular flexibility index (Phi) is 5.87. The SMILES string of the molecule is CCNC(=NCC1(S(C)(=O)=O)CCOCC1)N1CCc2ccccc2C1. The molecule has 0 aliphatic carbocycles. The van der Waals surface area contributed by atoms with Crippen LogP contribution in [0.3, 0.4) is 0 Å². The molecule has 0 unspecified atom stereocenters. The molecule has 0 amide bonds. The Labute approximate surface area is 156 Å². The minimum atomic E-state index is -3.21. The van der Waals surface area contributed by atoms with Crippen molar-refractivity contribution in [1.82, 2.24) is 10.2 Å². The lowest BCUT2D eigenvalue weighted by Crippen LogP contribution is -2.48. The van der Waals surface area contributed by atoms with Gasteiger partial charge in [0.05, 0.1) is 11.3 Å². The van der Waals surface area contributed by atoms with E-state index < -0.39 is 14.6 Å². The van der Waals surface area contributed by atoms with Crippen molar-refractivity contribution in [1.29, 1.82) is 0 Å². The molecule has 1 fully saturated rings. The van der Waals surface area contributed by atoms with Gasteiger partial charge in [-0.3, -0.25) is 4.99 Å². The van der Waals surface area contributed by atoms with E-state index in [9.17, 15) is 8.42 Å². The fraction of sp³-hybridized carbons (Fsp3) is 0.632. The number of fused-ring (bicyclic) bond motifs is 1. The predicted octanol–water partition coefficient (Wildman–Crippen LogP) is 1.60. The van der Waals surface area contributed by atoms with Gasteiger partial charge in [-0.1, -0.05) is 24.3 Å². The van der Waals surface area contributed by atoms with Crippen LogP contribution in [-0.4, -0.2) is 63.1 Å². The van der Waals surface area contributed by atoms with E-state index in [0.29, 0.717) is 26.1 Å². The van der Waals surface area contributed by atoms with Gasteiger partial charge in [-0.25, -0.2) is 8.42 Å². The highest BCUT2D eigenvalue weighted by atomic mass is 32.2. The average Bonchev–Trinajstić information content (AvgIpc) is 2.64. The van der Waals surface area contributed by atoms with Crippen LogP contribution in [0.4, 0.5) is 0 Å². The highest BCUT2D eigenvalue weighted by Gasteiger charge is 2.42. The van der Waals surface area contributed by atoms with Gasteiger partial charge in [-0.15, -0.1) is 0 Å². The lowest BCUT2D eigenvalue weighted by atomic mass is 9.99. The van der Waals surface area contributed by atoms with E-state index in [1.807, 2.05) is 6.92 Å². The first kappa shape index (κ1) is 19.2. The fourth-order valence-electron chi connectivity index (χ4n) is 3.71. The number of aliphatic imine (C=N–C) groups is 1. The second-order valence-corrected chi connectivity index (χ2v) is 9.59. The summed E-state index contributed by atoms with van der Waals surface area (Å²) in [5.41, 5.74) is 2.70. The summed E-state index contributed by atoms with van der Waals surface area (Å²) in [5, 5.41) is 3.34. The molecule has 0 atom stereocenters. The number of nitrogens with one attached hydrogen (secondary N) is 1. The Morgan fingerprint density at radius 3 is 2.62 bits per heavy atom. The number of hydrogen-bond donors (Lipinski definition) is 1. The predicted molar refractivity (Wildman–Crippen MR) is 104 cm³/mol. The van der Waals surface area contributed by atoms with Crippen molar-refractivity contribution in [3.05, 3.63) is 35.4 Å². The number of ether oxygens (including phenoxy) is 1. The molecular weight excluding hydrogens is 350 g/mol. The third-order valence-electron chi connectivity index (χ3n) is 5.47. The summed E-state index contributed by atoms with van der Waals surface area (Å²) >= 11 is 0. The molecular formula is C19H29N3O3S. The highest BCUT2D eigenvalue weighted by Crippen LogP contribution is 2.30. The van der Waals surface area contributed by atoms with Gasteiger partial charge in [0.1, 0.15) is 0 Å². The van der Waals surface area contributed by atoms with Crippen molar-refractivity contribution >= 4 is 15.8 Å². The molecule has 2 aliphatic rings. The maximum absolute atomic E-state index is 12.5. The summed E-state index contributed by atoms with van der Waals surface area (Å²) < 4.78 is 29.5. The molecule has 1 aromatic carbocycles. The molecule has 1 aromatic rings. The number of rotatable bonds is 4. The molecule has 144 valence electrons. The summed E-state index contributed by atoms with van der Waals surface area (Å²) in [6.07, 6.45) is 3.33. The van der Waals surface area contributed by atoms with Crippen LogP contribution in [-0.2, 0) is 27.5 Å². The van der Waals surface area contributed by atoms with Crippen molar-refractivity contribution in [3.8, 4) is 0 Å². The van der Waals surface area contributed by atoms with Gasteiger partial charge in [0, 0.05) is 39.1 Å². The smallest absolute Gasteiger partial charge is 0.194 e. The lowest BCUT2D eigenvalue weighted by Gasteiger charge is -2.35. The van der Waals surface area contributed by atoms with E-state index in [2.05, 4.69) is 34.5 Å². The summed E-state index contributed by atoms with van der Waals surface area (Å²) in [6.45, 7) is 5.73. The molecule has 7 heteroatoms. The fourth-order valence-corrected chi connectivity index (χ4v) is 4.92. The van der Waals surface area contributed by atoms with Gasteiger partial charge in [0.2, 0.25) is 0 Å². The molecule has 0 bridgehead atoms. The van der Waals surface area contributed by atoms with Gasteiger partial charge >= 0.3 is 0 Å².